The second-order valence-electron chi connectivity index (χ2n) is 4.24. The van der Waals surface area contributed by atoms with Crippen molar-refractivity contribution in [3.05, 3.63) is 33.4 Å². The lowest BCUT2D eigenvalue weighted by Crippen LogP contribution is -2.40. The Hall–Kier alpha value is -0.790. The van der Waals surface area contributed by atoms with E-state index in [0.717, 1.165) is 3.57 Å². The van der Waals surface area contributed by atoms with Crippen LogP contribution < -0.4 is 5.32 Å². The molecule has 0 saturated heterocycles. The molecule has 1 N–H and O–H groups in total. The lowest BCUT2D eigenvalue weighted by atomic mass is 9.96. The fourth-order valence-electron chi connectivity index (χ4n) is 1.53. The summed E-state index contributed by atoms with van der Waals surface area (Å²) in [5.41, 5.74) is 0.669. The number of hydrogen-bond acceptors (Lipinski definition) is 1. The van der Waals surface area contributed by atoms with Crippen molar-refractivity contribution < 1.29 is 18.0 Å². The van der Waals surface area contributed by atoms with Crippen LogP contribution in [-0.4, -0.2) is 12.1 Å². The van der Waals surface area contributed by atoms with Gasteiger partial charge in [-0.2, -0.15) is 13.2 Å². The minimum absolute atomic E-state index is 0.128. The molecule has 1 amide bonds. The van der Waals surface area contributed by atoms with E-state index < -0.39 is 18.1 Å². The maximum absolute atomic E-state index is 12.2. The maximum atomic E-state index is 12.2. The summed E-state index contributed by atoms with van der Waals surface area (Å²) in [6.07, 6.45) is -4.85. The van der Waals surface area contributed by atoms with Crippen molar-refractivity contribution in [2.45, 2.75) is 26.1 Å². The lowest BCUT2D eigenvalue weighted by Gasteiger charge is -2.23. The molecule has 0 unspecified atom stereocenters. The van der Waals surface area contributed by atoms with Crippen molar-refractivity contribution in [1.82, 2.24) is 5.32 Å². The number of rotatable bonds is 3. The molecular formula is C12H13F3INO. The molecule has 2 nitrogen and oxygen atoms in total. The van der Waals surface area contributed by atoms with Gasteiger partial charge in [-0.15, -0.1) is 0 Å². The molecule has 0 aliphatic carbocycles. The number of nitrogens with one attached hydrogen (secondary N) is 1. The second kappa shape index (κ2) is 5.90. The van der Waals surface area contributed by atoms with Gasteiger partial charge in [0.2, 0.25) is 0 Å². The maximum Gasteiger partial charge on any atom is 0.471 e. The van der Waals surface area contributed by atoms with Crippen LogP contribution in [0.3, 0.4) is 0 Å². The van der Waals surface area contributed by atoms with Crippen LogP contribution in [0.1, 0.15) is 25.5 Å². The van der Waals surface area contributed by atoms with Crippen molar-refractivity contribution >= 4 is 28.5 Å². The number of hydrogen-bond donors (Lipinski definition) is 1. The standard InChI is InChI=1S/C12H13F3INO/c1-7(2)10(17-11(18)12(13,14)15)8-3-5-9(16)6-4-8/h3-7,10H,1-2H3,(H,17,18)/t10-/m0/s1. The first-order valence-electron chi connectivity index (χ1n) is 5.35. The van der Waals surface area contributed by atoms with Crippen LogP contribution in [0.4, 0.5) is 13.2 Å². The molecule has 0 fully saturated rings. The minimum atomic E-state index is -4.85. The summed E-state index contributed by atoms with van der Waals surface area (Å²) in [5.74, 6) is -2.03. The van der Waals surface area contributed by atoms with Gasteiger partial charge in [0.25, 0.3) is 0 Å². The summed E-state index contributed by atoms with van der Waals surface area (Å²) >= 11 is 2.11. The summed E-state index contributed by atoms with van der Waals surface area (Å²) in [7, 11) is 0. The van der Waals surface area contributed by atoms with Crippen LogP contribution in [0.2, 0.25) is 0 Å². The third-order valence-electron chi connectivity index (χ3n) is 2.44. The predicted octanol–water partition coefficient (Wildman–Crippen LogP) is 3.67. The van der Waals surface area contributed by atoms with Gasteiger partial charge in [0.05, 0.1) is 6.04 Å². The molecule has 0 aromatic heterocycles. The van der Waals surface area contributed by atoms with Gasteiger partial charge in [-0.1, -0.05) is 26.0 Å². The topological polar surface area (TPSA) is 29.1 Å². The van der Waals surface area contributed by atoms with Gasteiger partial charge in [0.1, 0.15) is 0 Å². The largest absolute Gasteiger partial charge is 0.471 e. The van der Waals surface area contributed by atoms with E-state index in [-0.39, 0.29) is 5.92 Å². The molecule has 0 bridgehead atoms. The summed E-state index contributed by atoms with van der Waals surface area (Å²) in [5, 5.41) is 2.03. The molecule has 0 aliphatic rings. The van der Waals surface area contributed by atoms with Gasteiger partial charge in [0.15, 0.2) is 0 Å². The monoisotopic (exact) mass is 371 g/mol. The molecule has 0 radical (unpaired) electrons. The van der Waals surface area contributed by atoms with E-state index in [9.17, 15) is 18.0 Å². The Morgan fingerprint density at radius 1 is 1.22 bits per heavy atom. The van der Waals surface area contributed by atoms with Gasteiger partial charge >= 0.3 is 12.1 Å². The Labute approximate surface area is 117 Å². The third kappa shape index (κ3) is 4.15. The molecule has 0 spiro atoms. The van der Waals surface area contributed by atoms with Gasteiger partial charge in [-0.25, -0.2) is 0 Å². The first kappa shape index (κ1) is 15.3. The van der Waals surface area contributed by atoms with Crippen molar-refractivity contribution in [2.75, 3.05) is 0 Å². The molecular weight excluding hydrogens is 358 g/mol. The van der Waals surface area contributed by atoms with Crippen molar-refractivity contribution in [3.63, 3.8) is 0 Å². The molecule has 18 heavy (non-hydrogen) atoms. The number of alkyl halides is 3. The van der Waals surface area contributed by atoms with Crippen molar-refractivity contribution in [1.29, 1.82) is 0 Å². The van der Waals surface area contributed by atoms with Crippen molar-refractivity contribution in [3.8, 4) is 0 Å². The Balaban J connectivity index is 2.91. The van der Waals surface area contributed by atoms with Crippen LogP contribution >= 0.6 is 22.6 Å². The van der Waals surface area contributed by atoms with Gasteiger partial charge in [-0.05, 0) is 46.2 Å². The highest BCUT2D eigenvalue weighted by Gasteiger charge is 2.40. The Morgan fingerprint density at radius 2 is 1.72 bits per heavy atom. The van der Waals surface area contributed by atoms with E-state index in [1.54, 1.807) is 38.1 Å². The highest BCUT2D eigenvalue weighted by atomic mass is 127. The number of halogens is 4. The van der Waals surface area contributed by atoms with E-state index in [2.05, 4.69) is 22.6 Å². The van der Waals surface area contributed by atoms with Gasteiger partial charge in [0, 0.05) is 3.57 Å². The van der Waals surface area contributed by atoms with Crippen molar-refractivity contribution in [2.24, 2.45) is 5.92 Å². The van der Waals surface area contributed by atoms with E-state index in [1.807, 2.05) is 5.32 Å². The molecule has 0 aliphatic heterocycles. The quantitative estimate of drug-likeness (QED) is 0.808. The van der Waals surface area contributed by atoms with E-state index in [1.165, 1.54) is 0 Å². The average molecular weight is 371 g/mol. The SMILES string of the molecule is CC(C)[C@H](NC(=O)C(F)(F)F)c1ccc(I)cc1. The number of amides is 1. The fourth-order valence-corrected chi connectivity index (χ4v) is 1.89. The molecule has 6 heteroatoms. The molecule has 1 aromatic carbocycles. The predicted molar refractivity (Wildman–Crippen MR) is 70.9 cm³/mol. The molecule has 0 heterocycles. The lowest BCUT2D eigenvalue weighted by molar-refractivity contribution is -0.174. The van der Waals surface area contributed by atoms with Crippen LogP contribution in [0.5, 0.6) is 0 Å². The first-order chi connectivity index (χ1) is 8.21. The molecule has 1 aromatic rings. The normalized spacial score (nSPS) is 13.5. The number of carbonyl (C=O) groups is 1. The molecule has 1 rings (SSSR count). The Kier molecular flexibility index (Phi) is 5.01. The van der Waals surface area contributed by atoms with Gasteiger partial charge in [-0.3, -0.25) is 4.79 Å². The summed E-state index contributed by atoms with van der Waals surface area (Å²) in [4.78, 5) is 11.0. The zero-order valence-corrected chi connectivity index (χ0v) is 12.0. The van der Waals surface area contributed by atoms with E-state index in [4.69, 9.17) is 0 Å². The van der Waals surface area contributed by atoms with Gasteiger partial charge < -0.3 is 5.32 Å². The van der Waals surface area contributed by atoms with Crippen LogP contribution in [-0.2, 0) is 4.79 Å². The Bertz CT molecular complexity index is 414. The number of benzene rings is 1. The first-order valence-corrected chi connectivity index (χ1v) is 6.43. The zero-order chi connectivity index (χ0) is 13.9. The molecule has 0 saturated carbocycles. The molecule has 100 valence electrons. The van der Waals surface area contributed by atoms with E-state index >= 15 is 0 Å². The van der Waals surface area contributed by atoms with Crippen LogP contribution in [0.15, 0.2) is 24.3 Å². The van der Waals surface area contributed by atoms with Crippen LogP contribution in [0, 0.1) is 9.49 Å². The smallest absolute Gasteiger partial charge is 0.341 e. The summed E-state index contributed by atoms with van der Waals surface area (Å²) < 4.78 is 37.7. The Morgan fingerprint density at radius 3 is 2.11 bits per heavy atom. The highest BCUT2D eigenvalue weighted by Crippen LogP contribution is 2.25. The van der Waals surface area contributed by atoms with Crippen LogP contribution in [0.25, 0.3) is 0 Å². The summed E-state index contributed by atoms with van der Waals surface area (Å²) in [6, 6.07) is 6.40. The summed E-state index contributed by atoms with van der Waals surface area (Å²) in [6.45, 7) is 3.53. The third-order valence-corrected chi connectivity index (χ3v) is 3.16. The molecule has 1 atom stereocenters. The fraction of sp³-hybridized carbons (Fsp3) is 0.417. The average Bonchev–Trinajstić information content (AvgIpc) is 2.25. The van der Waals surface area contributed by atoms with E-state index in [0.29, 0.717) is 5.56 Å². The highest BCUT2D eigenvalue weighted by molar-refractivity contribution is 14.1. The second-order valence-corrected chi connectivity index (χ2v) is 5.49. The zero-order valence-electron chi connectivity index (χ0n) is 9.88. The minimum Gasteiger partial charge on any atom is -0.341 e. The number of carbonyl (C=O) groups excluding carboxylic acids is 1.